The van der Waals surface area contributed by atoms with E-state index in [1.54, 1.807) is 0 Å². The molecule has 0 saturated heterocycles. The summed E-state index contributed by atoms with van der Waals surface area (Å²) in [5.74, 6) is 5.10. The highest BCUT2D eigenvalue weighted by molar-refractivity contribution is 5.16. The van der Waals surface area contributed by atoms with Gasteiger partial charge >= 0.3 is 0 Å². The number of hydrogen-bond donors (Lipinski definition) is 1. The standard InChI is InChI=1S/C25H47N/c1-11-19-12-16(2)18(4)21-23(7)14-20(13-17(3)24(19,21)8)25(9,26-10)22(5,6)15-23/h16-21,26H,11-15H2,1-10H3. The lowest BCUT2D eigenvalue weighted by Crippen LogP contribution is -2.64. The van der Waals surface area contributed by atoms with E-state index in [-0.39, 0.29) is 5.54 Å². The minimum atomic E-state index is 0.251. The van der Waals surface area contributed by atoms with Gasteiger partial charge in [-0.3, -0.25) is 0 Å². The Hall–Kier alpha value is -0.0400. The monoisotopic (exact) mass is 361 g/mol. The van der Waals surface area contributed by atoms with E-state index in [4.69, 9.17) is 0 Å². The molecular weight excluding hydrogens is 314 g/mol. The van der Waals surface area contributed by atoms with E-state index in [0.29, 0.717) is 16.2 Å². The molecule has 2 bridgehead atoms. The van der Waals surface area contributed by atoms with Crippen molar-refractivity contribution in [3.63, 3.8) is 0 Å². The molecule has 0 aromatic rings. The van der Waals surface area contributed by atoms with Gasteiger partial charge in [0.2, 0.25) is 0 Å². The summed E-state index contributed by atoms with van der Waals surface area (Å²) >= 11 is 0. The summed E-state index contributed by atoms with van der Waals surface area (Å²) < 4.78 is 0. The molecule has 3 rings (SSSR count). The van der Waals surface area contributed by atoms with Gasteiger partial charge in [-0.25, -0.2) is 0 Å². The maximum absolute atomic E-state index is 3.83. The number of nitrogens with one attached hydrogen (secondary N) is 1. The highest BCUT2D eigenvalue weighted by Crippen LogP contribution is 2.70. The van der Waals surface area contributed by atoms with Gasteiger partial charge in [0.05, 0.1) is 0 Å². The largest absolute Gasteiger partial charge is 0.314 e. The van der Waals surface area contributed by atoms with Gasteiger partial charge in [-0.05, 0) is 91.4 Å². The molecule has 9 atom stereocenters. The fourth-order valence-electron chi connectivity index (χ4n) is 9.13. The molecule has 1 heteroatoms. The highest BCUT2D eigenvalue weighted by atomic mass is 15.0. The number of fused-ring (bicyclic) bond motifs is 4. The van der Waals surface area contributed by atoms with Crippen molar-refractivity contribution in [2.45, 2.75) is 100.0 Å². The third-order valence-electron chi connectivity index (χ3n) is 10.9. The quantitative estimate of drug-likeness (QED) is 0.572. The summed E-state index contributed by atoms with van der Waals surface area (Å²) in [6.45, 7) is 23.3. The lowest BCUT2D eigenvalue weighted by atomic mass is 9.42. The van der Waals surface area contributed by atoms with E-state index in [1.807, 2.05) is 0 Å². The van der Waals surface area contributed by atoms with Crippen LogP contribution in [-0.4, -0.2) is 12.6 Å². The summed E-state index contributed by atoms with van der Waals surface area (Å²) in [6, 6.07) is 0. The normalized spacial score (nSPS) is 56.5. The van der Waals surface area contributed by atoms with Crippen LogP contribution in [0.3, 0.4) is 0 Å². The van der Waals surface area contributed by atoms with Crippen LogP contribution in [0.1, 0.15) is 94.4 Å². The molecule has 3 aliphatic carbocycles. The van der Waals surface area contributed by atoms with Crippen molar-refractivity contribution in [1.82, 2.24) is 5.32 Å². The van der Waals surface area contributed by atoms with Crippen molar-refractivity contribution < 1.29 is 0 Å². The lowest BCUT2D eigenvalue weighted by Gasteiger charge is -2.64. The zero-order valence-electron chi connectivity index (χ0n) is 19.5. The van der Waals surface area contributed by atoms with Crippen molar-refractivity contribution >= 4 is 0 Å². The van der Waals surface area contributed by atoms with Gasteiger partial charge in [0, 0.05) is 5.54 Å². The Morgan fingerprint density at radius 2 is 1.58 bits per heavy atom. The van der Waals surface area contributed by atoms with Crippen molar-refractivity contribution in [2.75, 3.05) is 7.05 Å². The van der Waals surface area contributed by atoms with Crippen LogP contribution in [0.5, 0.6) is 0 Å². The molecule has 3 saturated carbocycles. The summed E-state index contributed by atoms with van der Waals surface area (Å²) in [5, 5.41) is 3.83. The summed E-state index contributed by atoms with van der Waals surface area (Å²) in [6.07, 6.45) is 7.01. The molecule has 1 nitrogen and oxygen atoms in total. The molecule has 1 N–H and O–H groups in total. The third-order valence-corrected chi connectivity index (χ3v) is 10.9. The van der Waals surface area contributed by atoms with E-state index in [1.165, 1.54) is 32.1 Å². The summed E-state index contributed by atoms with van der Waals surface area (Å²) in [7, 11) is 2.22. The molecule has 0 radical (unpaired) electrons. The molecule has 0 spiro atoms. The minimum Gasteiger partial charge on any atom is -0.314 e. The van der Waals surface area contributed by atoms with Gasteiger partial charge in [0.25, 0.3) is 0 Å². The van der Waals surface area contributed by atoms with Crippen LogP contribution in [0.2, 0.25) is 0 Å². The lowest BCUT2D eigenvalue weighted by molar-refractivity contribution is -0.143. The predicted octanol–water partition coefficient (Wildman–Crippen LogP) is 6.77. The zero-order valence-corrected chi connectivity index (χ0v) is 19.5. The molecule has 0 aliphatic heterocycles. The topological polar surface area (TPSA) is 12.0 Å². The maximum atomic E-state index is 3.83. The van der Waals surface area contributed by atoms with Gasteiger partial charge < -0.3 is 5.32 Å². The van der Waals surface area contributed by atoms with Gasteiger partial charge in [-0.2, -0.15) is 0 Å². The Bertz CT molecular complexity index is 538. The molecule has 0 aromatic carbocycles. The van der Waals surface area contributed by atoms with E-state index >= 15 is 0 Å². The first-order chi connectivity index (χ1) is 11.9. The fourth-order valence-corrected chi connectivity index (χ4v) is 9.13. The second-order valence-corrected chi connectivity index (χ2v) is 12.2. The molecule has 26 heavy (non-hydrogen) atoms. The van der Waals surface area contributed by atoms with Crippen molar-refractivity contribution in [3.8, 4) is 0 Å². The molecule has 0 aromatic heterocycles. The van der Waals surface area contributed by atoms with Crippen molar-refractivity contribution in [2.24, 2.45) is 51.8 Å². The summed E-state index contributed by atoms with van der Waals surface area (Å²) in [5.41, 5.74) is 1.57. The van der Waals surface area contributed by atoms with Crippen LogP contribution in [0.4, 0.5) is 0 Å². The maximum Gasteiger partial charge on any atom is 0.0229 e. The Labute approximate surface area is 164 Å². The Balaban J connectivity index is 2.18. The fraction of sp³-hybridized carbons (Fsp3) is 1.00. The second kappa shape index (κ2) is 6.23. The molecular formula is C25H47N. The smallest absolute Gasteiger partial charge is 0.0229 e. The van der Waals surface area contributed by atoms with Crippen LogP contribution < -0.4 is 5.32 Å². The van der Waals surface area contributed by atoms with E-state index in [9.17, 15) is 0 Å². The van der Waals surface area contributed by atoms with E-state index in [2.05, 4.69) is 74.7 Å². The second-order valence-electron chi connectivity index (χ2n) is 12.2. The predicted molar refractivity (Wildman–Crippen MR) is 114 cm³/mol. The number of hydrogen-bond acceptors (Lipinski definition) is 1. The molecule has 3 fully saturated rings. The third kappa shape index (κ3) is 2.51. The minimum absolute atomic E-state index is 0.251. The molecule has 9 unspecified atom stereocenters. The first-order valence-electron chi connectivity index (χ1n) is 11.6. The Morgan fingerprint density at radius 3 is 2.12 bits per heavy atom. The van der Waals surface area contributed by atoms with E-state index in [0.717, 1.165) is 35.5 Å². The van der Waals surface area contributed by atoms with Gasteiger partial charge in [-0.1, -0.05) is 61.8 Å². The molecule has 152 valence electrons. The van der Waals surface area contributed by atoms with Gasteiger partial charge in [-0.15, -0.1) is 0 Å². The van der Waals surface area contributed by atoms with Crippen LogP contribution in [-0.2, 0) is 0 Å². The molecule has 0 amide bonds. The summed E-state index contributed by atoms with van der Waals surface area (Å²) in [4.78, 5) is 0. The SMILES string of the molecule is CCC1CC(C)C(C)C2C3(C)CC(CC(C)C12C)C(C)(NC)C(C)(C)C3. The average Bonchev–Trinajstić information content (AvgIpc) is 2.62. The Morgan fingerprint density at radius 1 is 0.962 bits per heavy atom. The number of rotatable bonds is 2. The van der Waals surface area contributed by atoms with Gasteiger partial charge in [0.1, 0.15) is 0 Å². The van der Waals surface area contributed by atoms with Crippen LogP contribution >= 0.6 is 0 Å². The Kier molecular flexibility index (Phi) is 4.96. The van der Waals surface area contributed by atoms with Crippen LogP contribution in [0.25, 0.3) is 0 Å². The van der Waals surface area contributed by atoms with E-state index < -0.39 is 0 Å². The van der Waals surface area contributed by atoms with Gasteiger partial charge in [0.15, 0.2) is 0 Å². The highest BCUT2D eigenvalue weighted by Gasteiger charge is 2.65. The zero-order chi connectivity index (χ0) is 19.7. The van der Waals surface area contributed by atoms with Crippen LogP contribution in [0.15, 0.2) is 0 Å². The first-order valence-corrected chi connectivity index (χ1v) is 11.6. The molecule has 0 heterocycles. The van der Waals surface area contributed by atoms with Crippen molar-refractivity contribution in [3.05, 3.63) is 0 Å². The first kappa shape index (κ1) is 20.7. The van der Waals surface area contributed by atoms with Crippen molar-refractivity contribution in [1.29, 1.82) is 0 Å². The van der Waals surface area contributed by atoms with Crippen LogP contribution in [0, 0.1) is 51.8 Å². The average molecular weight is 362 g/mol. The molecule has 3 aliphatic rings.